The Labute approximate surface area is 93.7 Å². The summed E-state index contributed by atoms with van der Waals surface area (Å²) in [6.07, 6.45) is 4.66. The minimum atomic E-state index is -0.680. The Kier molecular flexibility index (Phi) is 3.03. The first kappa shape index (κ1) is 10.9. The van der Waals surface area contributed by atoms with Gasteiger partial charge in [0.25, 0.3) is 0 Å². The molecule has 1 aromatic heterocycles. The Morgan fingerprint density at radius 3 is 2.56 bits per heavy atom. The fourth-order valence-electron chi connectivity index (χ4n) is 2.25. The molecule has 1 fully saturated rings. The van der Waals surface area contributed by atoms with Gasteiger partial charge < -0.3 is 10.8 Å². The summed E-state index contributed by atoms with van der Waals surface area (Å²) in [6, 6.07) is 1.78. The van der Waals surface area contributed by atoms with Gasteiger partial charge in [0.15, 0.2) is 0 Å². The third-order valence-corrected chi connectivity index (χ3v) is 3.20. The second-order valence-corrected chi connectivity index (χ2v) is 4.25. The van der Waals surface area contributed by atoms with Gasteiger partial charge in [-0.25, -0.2) is 9.97 Å². The fraction of sp³-hybridized carbons (Fsp3) is 0.545. The van der Waals surface area contributed by atoms with Crippen LogP contribution in [0.25, 0.3) is 0 Å². The van der Waals surface area contributed by atoms with Gasteiger partial charge in [0.1, 0.15) is 12.1 Å². The average Bonchev–Trinajstić information content (AvgIpc) is 2.29. The monoisotopic (exact) mass is 221 g/mol. The zero-order valence-electron chi connectivity index (χ0n) is 8.97. The van der Waals surface area contributed by atoms with Gasteiger partial charge in [-0.3, -0.25) is 4.79 Å². The van der Waals surface area contributed by atoms with Gasteiger partial charge in [-0.15, -0.1) is 0 Å². The number of anilines is 1. The molecule has 0 radical (unpaired) electrons. The summed E-state index contributed by atoms with van der Waals surface area (Å²) in [6.45, 7) is 0. The van der Waals surface area contributed by atoms with Crippen LogP contribution < -0.4 is 5.73 Å². The highest BCUT2D eigenvalue weighted by molar-refractivity contribution is 5.70. The van der Waals surface area contributed by atoms with Crippen molar-refractivity contribution < 1.29 is 9.90 Å². The van der Waals surface area contributed by atoms with Crippen LogP contribution in [0.3, 0.4) is 0 Å². The summed E-state index contributed by atoms with van der Waals surface area (Å²) in [4.78, 5) is 18.9. The standard InChI is InChI=1S/C11H15N3O2/c12-10-5-9(13-6-14-10)7-1-3-8(4-2-7)11(15)16/h5-8H,1-4H2,(H,15,16)(H2,12,13,14). The second-order valence-electron chi connectivity index (χ2n) is 4.25. The molecule has 5 nitrogen and oxygen atoms in total. The maximum atomic E-state index is 10.8. The lowest BCUT2D eigenvalue weighted by Gasteiger charge is -2.25. The van der Waals surface area contributed by atoms with E-state index < -0.39 is 5.97 Å². The maximum Gasteiger partial charge on any atom is 0.306 e. The smallest absolute Gasteiger partial charge is 0.306 e. The number of carboxylic acids is 1. The van der Waals surface area contributed by atoms with Gasteiger partial charge >= 0.3 is 5.97 Å². The molecule has 1 aliphatic carbocycles. The molecule has 3 N–H and O–H groups in total. The Balaban J connectivity index is 2.01. The molecule has 2 rings (SSSR count). The van der Waals surface area contributed by atoms with Crippen molar-refractivity contribution in [2.45, 2.75) is 31.6 Å². The van der Waals surface area contributed by atoms with Crippen LogP contribution in [0.15, 0.2) is 12.4 Å². The molecule has 1 heterocycles. The van der Waals surface area contributed by atoms with E-state index in [2.05, 4.69) is 9.97 Å². The Morgan fingerprint density at radius 2 is 2.00 bits per heavy atom. The molecule has 0 unspecified atom stereocenters. The highest BCUT2D eigenvalue weighted by Gasteiger charge is 2.27. The van der Waals surface area contributed by atoms with Gasteiger partial charge in [-0.2, -0.15) is 0 Å². The summed E-state index contributed by atoms with van der Waals surface area (Å²) in [5.41, 5.74) is 6.54. The van der Waals surface area contributed by atoms with Crippen molar-refractivity contribution in [3.63, 3.8) is 0 Å². The van der Waals surface area contributed by atoms with Crippen LogP contribution in [-0.4, -0.2) is 21.0 Å². The van der Waals surface area contributed by atoms with Crippen LogP contribution in [0.2, 0.25) is 0 Å². The van der Waals surface area contributed by atoms with Crippen molar-refractivity contribution in [2.75, 3.05) is 5.73 Å². The molecule has 0 atom stereocenters. The Morgan fingerprint density at radius 1 is 1.31 bits per heavy atom. The number of hydrogen-bond acceptors (Lipinski definition) is 4. The van der Waals surface area contributed by atoms with E-state index in [1.807, 2.05) is 0 Å². The summed E-state index contributed by atoms with van der Waals surface area (Å²) in [5, 5.41) is 8.89. The van der Waals surface area contributed by atoms with E-state index in [9.17, 15) is 4.79 Å². The number of nitrogens with zero attached hydrogens (tertiary/aromatic N) is 2. The van der Waals surface area contributed by atoms with E-state index in [1.54, 1.807) is 6.07 Å². The molecule has 1 saturated carbocycles. The molecular formula is C11H15N3O2. The number of rotatable bonds is 2. The van der Waals surface area contributed by atoms with Crippen LogP contribution in [0.5, 0.6) is 0 Å². The molecule has 5 heteroatoms. The van der Waals surface area contributed by atoms with Crippen LogP contribution in [0.4, 0.5) is 5.82 Å². The molecule has 0 saturated heterocycles. The van der Waals surface area contributed by atoms with E-state index in [0.717, 1.165) is 31.4 Å². The van der Waals surface area contributed by atoms with Crippen molar-refractivity contribution in [2.24, 2.45) is 5.92 Å². The lowest BCUT2D eigenvalue weighted by atomic mass is 9.80. The lowest BCUT2D eigenvalue weighted by molar-refractivity contribution is -0.142. The summed E-state index contributed by atoms with van der Waals surface area (Å²) in [7, 11) is 0. The molecule has 86 valence electrons. The topological polar surface area (TPSA) is 89.1 Å². The van der Waals surface area contributed by atoms with E-state index in [4.69, 9.17) is 10.8 Å². The van der Waals surface area contributed by atoms with Crippen LogP contribution in [0, 0.1) is 5.92 Å². The Bertz CT molecular complexity index is 387. The van der Waals surface area contributed by atoms with Gasteiger partial charge in [0.05, 0.1) is 5.92 Å². The number of hydrogen-bond donors (Lipinski definition) is 2. The number of carboxylic acid groups (broad SMARTS) is 1. The molecule has 0 bridgehead atoms. The number of carbonyl (C=O) groups is 1. The molecular weight excluding hydrogens is 206 g/mol. The quantitative estimate of drug-likeness (QED) is 0.788. The van der Waals surface area contributed by atoms with Gasteiger partial charge in [-0.05, 0) is 25.7 Å². The molecule has 0 aromatic carbocycles. The molecule has 0 amide bonds. The van der Waals surface area contributed by atoms with Crippen molar-refractivity contribution in [3.05, 3.63) is 18.1 Å². The summed E-state index contributed by atoms with van der Waals surface area (Å²) < 4.78 is 0. The molecule has 1 aliphatic rings. The zero-order valence-corrected chi connectivity index (χ0v) is 8.97. The highest BCUT2D eigenvalue weighted by Crippen LogP contribution is 2.35. The fourth-order valence-corrected chi connectivity index (χ4v) is 2.25. The first-order chi connectivity index (χ1) is 7.66. The van der Waals surface area contributed by atoms with Gasteiger partial charge in [0.2, 0.25) is 0 Å². The zero-order chi connectivity index (χ0) is 11.5. The van der Waals surface area contributed by atoms with E-state index in [-0.39, 0.29) is 5.92 Å². The lowest BCUT2D eigenvalue weighted by Crippen LogP contribution is -2.21. The minimum absolute atomic E-state index is 0.185. The van der Waals surface area contributed by atoms with Crippen molar-refractivity contribution in [1.82, 2.24) is 9.97 Å². The normalized spacial score (nSPS) is 25.2. The summed E-state index contributed by atoms with van der Waals surface area (Å²) >= 11 is 0. The number of aliphatic carboxylic acids is 1. The molecule has 16 heavy (non-hydrogen) atoms. The number of nitrogen functional groups attached to an aromatic ring is 1. The van der Waals surface area contributed by atoms with Crippen molar-refractivity contribution in [1.29, 1.82) is 0 Å². The predicted octanol–water partition coefficient (Wildman–Crippen LogP) is 1.42. The summed E-state index contributed by atoms with van der Waals surface area (Å²) in [5.74, 6) is -0.0534. The second kappa shape index (κ2) is 4.47. The molecule has 0 aliphatic heterocycles. The molecule has 0 spiro atoms. The third kappa shape index (κ3) is 2.29. The van der Waals surface area contributed by atoms with Crippen molar-refractivity contribution >= 4 is 11.8 Å². The average molecular weight is 221 g/mol. The third-order valence-electron chi connectivity index (χ3n) is 3.20. The predicted molar refractivity (Wildman–Crippen MR) is 58.8 cm³/mol. The van der Waals surface area contributed by atoms with E-state index in [1.165, 1.54) is 6.33 Å². The van der Waals surface area contributed by atoms with Gasteiger partial charge in [0, 0.05) is 17.7 Å². The van der Waals surface area contributed by atoms with Crippen LogP contribution in [0.1, 0.15) is 37.3 Å². The first-order valence-corrected chi connectivity index (χ1v) is 5.47. The van der Waals surface area contributed by atoms with Crippen molar-refractivity contribution in [3.8, 4) is 0 Å². The number of aromatic nitrogens is 2. The largest absolute Gasteiger partial charge is 0.481 e. The van der Waals surface area contributed by atoms with E-state index >= 15 is 0 Å². The highest BCUT2D eigenvalue weighted by atomic mass is 16.4. The SMILES string of the molecule is Nc1cc(C2CCC(C(=O)O)CC2)ncn1. The van der Waals surface area contributed by atoms with Crippen LogP contribution >= 0.6 is 0 Å². The van der Waals surface area contributed by atoms with Crippen LogP contribution in [-0.2, 0) is 4.79 Å². The molecule has 1 aromatic rings. The van der Waals surface area contributed by atoms with Gasteiger partial charge in [-0.1, -0.05) is 0 Å². The first-order valence-electron chi connectivity index (χ1n) is 5.47. The van der Waals surface area contributed by atoms with E-state index in [0.29, 0.717) is 11.7 Å². The maximum absolute atomic E-state index is 10.8. The Hall–Kier alpha value is -1.65. The number of nitrogens with two attached hydrogens (primary N) is 1. The minimum Gasteiger partial charge on any atom is -0.481 e.